The molecule has 2 N–H and O–H groups in total. The second-order valence-corrected chi connectivity index (χ2v) is 6.86. The molecule has 0 spiro atoms. The number of amides is 1. The van der Waals surface area contributed by atoms with E-state index in [1.54, 1.807) is 6.92 Å². The zero-order valence-corrected chi connectivity index (χ0v) is 13.8. The maximum absolute atomic E-state index is 12.8. The van der Waals surface area contributed by atoms with Crippen molar-refractivity contribution in [3.63, 3.8) is 0 Å². The van der Waals surface area contributed by atoms with Crippen molar-refractivity contribution in [2.24, 2.45) is 5.41 Å². The standard InChI is InChI=1S/C18H22N4O/c1-12-14(9-20-17(19)21-12)16(23)22-10-15(18(2,3)11-22)13-7-5-4-6-8-13/h4-9,15H,10-11H2,1-3H3,(H2,19,20,21)/t15-/m1/s1. The molecule has 0 bridgehead atoms. The number of likely N-dealkylation sites (tertiary alicyclic amines) is 1. The number of carbonyl (C=O) groups is 1. The maximum Gasteiger partial charge on any atom is 0.257 e. The first kappa shape index (κ1) is 15.5. The second kappa shape index (κ2) is 5.65. The van der Waals surface area contributed by atoms with Crippen molar-refractivity contribution in [1.29, 1.82) is 0 Å². The van der Waals surface area contributed by atoms with E-state index >= 15 is 0 Å². The molecule has 1 saturated heterocycles. The Morgan fingerprint density at radius 3 is 2.65 bits per heavy atom. The van der Waals surface area contributed by atoms with Gasteiger partial charge in [0.1, 0.15) is 0 Å². The molecule has 1 aliphatic rings. The summed E-state index contributed by atoms with van der Waals surface area (Å²) >= 11 is 0. The van der Waals surface area contributed by atoms with Crippen LogP contribution in [0.15, 0.2) is 36.5 Å². The van der Waals surface area contributed by atoms with E-state index in [0.29, 0.717) is 23.7 Å². The first-order valence-corrected chi connectivity index (χ1v) is 7.82. The summed E-state index contributed by atoms with van der Waals surface area (Å²) in [7, 11) is 0. The molecular formula is C18H22N4O. The summed E-state index contributed by atoms with van der Waals surface area (Å²) in [5.41, 5.74) is 8.04. The van der Waals surface area contributed by atoms with E-state index in [9.17, 15) is 4.79 Å². The quantitative estimate of drug-likeness (QED) is 0.925. The minimum atomic E-state index is -0.0194. The van der Waals surface area contributed by atoms with Gasteiger partial charge in [0.25, 0.3) is 5.91 Å². The monoisotopic (exact) mass is 310 g/mol. The molecule has 5 heteroatoms. The molecule has 120 valence electrons. The van der Waals surface area contributed by atoms with Gasteiger partial charge in [0.15, 0.2) is 0 Å². The van der Waals surface area contributed by atoms with Crippen molar-refractivity contribution in [2.75, 3.05) is 18.8 Å². The molecule has 1 aliphatic heterocycles. The van der Waals surface area contributed by atoms with Crippen molar-refractivity contribution in [3.05, 3.63) is 53.3 Å². The third kappa shape index (κ3) is 2.91. The Balaban J connectivity index is 1.86. The molecule has 0 aliphatic carbocycles. The van der Waals surface area contributed by atoms with E-state index in [-0.39, 0.29) is 17.3 Å². The Morgan fingerprint density at radius 2 is 2.00 bits per heavy atom. The summed E-state index contributed by atoms with van der Waals surface area (Å²) < 4.78 is 0. The van der Waals surface area contributed by atoms with Crippen LogP contribution in [0.2, 0.25) is 0 Å². The maximum atomic E-state index is 12.8. The predicted molar refractivity (Wildman–Crippen MR) is 90.0 cm³/mol. The number of rotatable bonds is 2. The SMILES string of the molecule is Cc1nc(N)ncc1C(=O)N1C[C@H](c2ccccc2)C(C)(C)C1. The van der Waals surface area contributed by atoms with Crippen LogP contribution < -0.4 is 5.73 Å². The van der Waals surface area contributed by atoms with Crippen molar-refractivity contribution in [1.82, 2.24) is 14.9 Å². The zero-order valence-electron chi connectivity index (χ0n) is 13.8. The van der Waals surface area contributed by atoms with Crippen LogP contribution in [0.3, 0.4) is 0 Å². The highest BCUT2D eigenvalue weighted by Crippen LogP contribution is 2.42. The van der Waals surface area contributed by atoms with Crippen LogP contribution in [-0.4, -0.2) is 33.9 Å². The average Bonchev–Trinajstić information content (AvgIpc) is 2.83. The van der Waals surface area contributed by atoms with Gasteiger partial charge in [-0.15, -0.1) is 0 Å². The van der Waals surface area contributed by atoms with E-state index in [1.807, 2.05) is 23.1 Å². The molecular weight excluding hydrogens is 288 g/mol. The summed E-state index contributed by atoms with van der Waals surface area (Å²) in [4.78, 5) is 22.8. The van der Waals surface area contributed by atoms with Gasteiger partial charge in [-0.25, -0.2) is 9.97 Å². The van der Waals surface area contributed by atoms with Gasteiger partial charge in [-0.2, -0.15) is 0 Å². The Labute approximate surface area is 136 Å². The Morgan fingerprint density at radius 1 is 1.30 bits per heavy atom. The van der Waals surface area contributed by atoms with Gasteiger partial charge in [-0.1, -0.05) is 44.2 Å². The van der Waals surface area contributed by atoms with Gasteiger partial charge in [0.05, 0.1) is 11.3 Å². The highest BCUT2D eigenvalue weighted by molar-refractivity contribution is 5.95. The molecule has 1 amide bonds. The summed E-state index contributed by atoms with van der Waals surface area (Å²) in [6.45, 7) is 7.64. The molecule has 1 aromatic heterocycles. The smallest absolute Gasteiger partial charge is 0.257 e. The lowest BCUT2D eigenvalue weighted by molar-refractivity contribution is 0.0776. The Kier molecular flexibility index (Phi) is 3.80. The molecule has 23 heavy (non-hydrogen) atoms. The molecule has 1 fully saturated rings. The van der Waals surface area contributed by atoms with Gasteiger partial charge in [0, 0.05) is 25.2 Å². The zero-order chi connectivity index (χ0) is 16.6. The second-order valence-electron chi connectivity index (χ2n) is 6.86. The van der Waals surface area contributed by atoms with Crippen LogP contribution in [0.25, 0.3) is 0 Å². The van der Waals surface area contributed by atoms with Crippen LogP contribution in [0, 0.1) is 12.3 Å². The summed E-state index contributed by atoms with van der Waals surface area (Å²) in [6.07, 6.45) is 1.53. The van der Waals surface area contributed by atoms with Crippen LogP contribution >= 0.6 is 0 Å². The molecule has 0 saturated carbocycles. The third-order valence-corrected chi connectivity index (χ3v) is 4.66. The minimum Gasteiger partial charge on any atom is -0.368 e. The number of nitrogen functional groups attached to an aromatic ring is 1. The van der Waals surface area contributed by atoms with Crippen molar-refractivity contribution >= 4 is 11.9 Å². The summed E-state index contributed by atoms with van der Waals surface area (Å²) in [6, 6.07) is 10.4. The number of benzene rings is 1. The molecule has 0 unspecified atom stereocenters. The van der Waals surface area contributed by atoms with Crippen LogP contribution in [0.5, 0.6) is 0 Å². The fourth-order valence-corrected chi connectivity index (χ4v) is 3.40. The van der Waals surface area contributed by atoms with E-state index in [2.05, 4.69) is 35.9 Å². The van der Waals surface area contributed by atoms with Crippen molar-refractivity contribution in [3.8, 4) is 0 Å². The van der Waals surface area contributed by atoms with Crippen molar-refractivity contribution in [2.45, 2.75) is 26.7 Å². The van der Waals surface area contributed by atoms with Crippen LogP contribution in [-0.2, 0) is 0 Å². The van der Waals surface area contributed by atoms with Gasteiger partial charge in [-0.05, 0) is 17.9 Å². The number of aryl methyl sites for hydroxylation is 1. The normalized spacial score (nSPS) is 19.8. The summed E-state index contributed by atoms with van der Waals surface area (Å²) in [5.74, 6) is 0.500. The minimum absolute atomic E-state index is 0.0194. The largest absolute Gasteiger partial charge is 0.368 e. The van der Waals surface area contributed by atoms with E-state index in [4.69, 9.17) is 5.73 Å². The lowest BCUT2D eigenvalue weighted by Crippen LogP contribution is -2.31. The fraction of sp³-hybridized carbons (Fsp3) is 0.389. The number of nitrogens with zero attached hydrogens (tertiary/aromatic N) is 3. The van der Waals surface area contributed by atoms with E-state index in [1.165, 1.54) is 11.8 Å². The van der Waals surface area contributed by atoms with Gasteiger partial charge < -0.3 is 10.6 Å². The number of hydrogen-bond acceptors (Lipinski definition) is 4. The fourth-order valence-electron chi connectivity index (χ4n) is 3.40. The Hall–Kier alpha value is -2.43. The molecule has 0 radical (unpaired) electrons. The summed E-state index contributed by atoms with van der Waals surface area (Å²) in [5, 5.41) is 0. The number of hydrogen-bond donors (Lipinski definition) is 1. The van der Waals surface area contributed by atoms with Crippen molar-refractivity contribution < 1.29 is 4.79 Å². The molecule has 1 aromatic carbocycles. The van der Waals surface area contributed by atoms with Crippen LogP contribution in [0.1, 0.15) is 41.4 Å². The number of aromatic nitrogens is 2. The average molecular weight is 310 g/mol. The van der Waals surface area contributed by atoms with Gasteiger partial charge >= 0.3 is 0 Å². The first-order valence-electron chi connectivity index (χ1n) is 7.82. The van der Waals surface area contributed by atoms with E-state index < -0.39 is 0 Å². The predicted octanol–water partition coefficient (Wildman–Crippen LogP) is 2.63. The number of anilines is 1. The van der Waals surface area contributed by atoms with Crippen LogP contribution in [0.4, 0.5) is 5.95 Å². The lowest BCUT2D eigenvalue weighted by atomic mass is 9.78. The Bertz CT molecular complexity index is 727. The van der Waals surface area contributed by atoms with Gasteiger partial charge in [0.2, 0.25) is 5.95 Å². The first-order chi connectivity index (χ1) is 10.9. The highest BCUT2D eigenvalue weighted by atomic mass is 16.2. The topological polar surface area (TPSA) is 72.1 Å². The number of carbonyl (C=O) groups excluding carboxylic acids is 1. The molecule has 5 nitrogen and oxygen atoms in total. The molecule has 1 atom stereocenters. The number of nitrogens with two attached hydrogens (primary N) is 1. The highest BCUT2D eigenvalue weighted by Gasteiger charge is 2.42. The molecule has 2 aromatic rings. The van der Waals surface area contributed by atoms with Gasteiger partial charge in [-0.3, -0.25) is 4.79 Å². The van der Waals surface area contributed by atoms with E-state index in [0.717, 1.165) is 6.54 Å². The third-order valence-electron chi connectivity index (χ3n) is 4.66. The molecule has 3 rings (SSSR count). The molecule has 2 heterocycles. The lowest BCUT2D eigenvalue weighted by Gasteiger charge is -2.25.